The molecule has 2 heterocycles. The van der Waals surface area contributed by atoms with Gasteiger partial charge in [0.1, 0.15) is 12.4 Å². The number of hydrogen-bond acceptors (Lipinski definition) is 4. The van der Waals surface area contributed by atoms with Gasteiger partial charge in [0, 0.05) is 26.8 Å². The molecule has 0 unspecified atom stereocenters. The molecule has 6 nitrogen and oxygen atoms in total. The maximum Gasteiger partial charge on any atom is 0.249 e. The monoisotopic (exact) mass is 267 g/mol. The summed E-state index contributed by atoms with van der Waals surface area (Å²) in [4.78, 5) is 18.3. The molecule has 1 aromatic rings. The largest absolute Gasteiger partial charge is 0.378 e. The van der Waals surface area contributed by atoms with Gasteiger partial charge in [0.25, 0.3) is 0 Å². The van der Waals surface area contributed by atoms with Crippen LogP contribution >= 0.6 is 0 Å². The average Bonchev–Trinajstić information content (AvgIpc) is 2.81. The van der Waals surface area contributed by atoms with Crippen LogP contribution in [0.1, 0.15) is 31.4 Å². The second-order valence-corrected chi connectivity index (χ2v) is 4.59. The van der Waals surface area contributed by atoms with E-state index in [9.17, 15) is 4.79 Å². The summed E-state index contributed by atoms with van der Waals surface area (Å²) < 4.78 is 12.5. The Morgan fingerprint density at radius 2 is 2.32 bits per heavy atom. The van der Waals surface area contributed by atoms with Crippen LogP contribution in [0.2, 0.25) is 0 Å². The van der Waals surface area contributed by atoms with E-state index in [1.165, 1.54) is 0 Å². The Labute approximate surface area is 113 Å². The second kappa shape index (κ2) is 6.16. The number of amides is 1. The van der Waals surface area contributed by atoms with Crippen LogP contribution in [0.5, 0.6) is 0 Å². The van der Waals surface area contributed by atoms with E-state index >= 15 is 0 Å². The van der Waals surface area contributed by atoms with Crippen LogP contribution in [0.4, 0.5) is 0 Å². The van der Waals surface area contributed by atoms with Crippen LogP contribution < -0.4 is 0 Å². The molecule has 0 aliphatic carbocycles. The molecule has 1 atom stereocenters. The fourth-order valence-electron chi connectivity index (χ4n) is 2.44. The smallest absolute Gasteiger partial charge is 0.249 e. The molecule has 0 fully saturated rings. The predicted molar refractivity (Wildman–Crippen MR) is 69.6 cm³/mol. The van der Waals surface area contributed by atoms with Gasteiger partial charge in [-0.15, -0.1) is 0 Å². The first-order valence-corrected chi connectivity index (χ1v) is 6.59. The number of ether oxygens (including phenoxy) is 2. The fourth-order valence-corrected chi connectivity index (χ4v) is 2.44. The van der Waals surface area contributed by atoms with Crippen molar-refractivity contribution in [3.05, 3.63) is 17.7 Å². The molecule has 19 heavy (non-hydrogen) atoms. The third-order valence-electron chi connectivity index (χ3n) is 3.42. The highest BCUT2D eigenvalue weighted by Crippen LogP contribution is 2.25. The molecular weight excluding hydrogens is 246 g/mol. The van der Waals surface area contributed by atoms with Crippen molar-refractivity contribution in [2.24, 2.45) is 0 Å². The number of rotatable bonds is 5. The van der Waals surface area contributed by atoms with E-state index in [4.69, 9.17) is 9.47 Å². The molecule has 0 saturated heterocycles. The Hall–Kier alpha value is -1.40. The van der Waals surface area contributed by atoms with Crippen LogP contribution in [0.15, 0.2) is 6.20 Å². The van der Waals surface area contributed by atoms with Crippen LogP contribution in [0, 0.1) is 0 Å². The molecule has 1 aromatic heterocycles. The van der Waals surface area contributed by atoms with E-state index < -0.39 is 0 Å². The van der Waals surface area contributed by atoms with Gasteiger partial charge in [-0.2, -0.15) is 0 Å². The van der Waals surface area contributed by atoms with Crippen LogP contribution in [0.3, 0.4) is 0 Å². The molecule has 0 aromatic carbocycles. The predicted octanol–water partition coefficient (Wildman–Crippen LogP) is 0.969. The fraction of sp³-hybridized carbons (Fsp3) is 0.692. The van der Waals surface area contributed by atoms with Crippen LogP contribution in [-0.2, 0) is 27.4 Å². The minimum Gasteiger partial charge on any atom is -0.378 e. The van der Waals surface area contributed by atoms with Crippen molar-refractivity contribution in [1.29, 1.82) is 0 Å². The van der Waals surface area contributed by atoms with E-state index in [0.717, 1.165) is 18.1 Å². The summed E-state index contributed by atoms with van der Waals surface area (Å²) >= 11 is 0. The van der Waals surface area contributed by atoms with Crippen molar-refractivity contribution in [3.8, 4) is 0 Å². The van der Waals surface area contributed by atoms with Crippen LogP contribution in [0.25, 0.3) is 0 Å². The molecule has 0 radical (unpaired) electrons. The summed E-state index contributed by atoms with van der Waals surface area (Å²) in [7, 11) is 1.67. The van der Waals surface area contributed by atoms with Gasteiger partial charge >= 0.3 is 0 Å². The van der Waals surface area contributed by atoms with Gasteiger partial charge in [-0.25, -0.2) is 4.98 Å². The molecular formula is C13H21N3O3. The maximum absolute atomic E-state index is 12.0. The highest BCUT2D eigenvalue weighted by atomic mass is 16.5. The normalized spacial score (nSPS) is 18.5. The molecule has 0 saturated carbocycles. The first-order chi connectivity index (χ1) is 9.19. The molecule has 6 heteroatoms. The zero-order valence-corrected chi connectivity index (χ0v) is 11.8. The molecule has 0 spiro atoms. The standard InChI is InChI=1S/C13H21N3O3/c1-4-19-9-12(17)15-5-6-16-11(8-18-3)7-14-13(16)10(15)2/h7,10H,4-6,8-9H2,1-3H3/t10-/m1/s1. The lowest BCUT2D eigenvalue weighted by Gasteiger charge is -2.34. The van der Waals surface area contributed by atoms with Gasteiger partial charge < -0.3 is 18.9 Å². The molecule has 0 N–H and O–H groups in total. The molecule has 1 aliphatic rings. The Morgan fingerprint density at radius 3 is 3.00 bits per heavy atom. The number of aromatic nitrogens is 2. The zero-order chi connectivity index (χ0) is 13.8. The van der Waals surface area contributed by atoms with Crippen molar-refractivity contribution in [3.63, 3.8) is 0 Å². The van der Waals surface area contributed by atoms with Crippen molar-refractivity contribution in [2.75, 3.05) is 26.9 Å². The van der Waals surface area contributed by atoms with Gasteiger partial charge in [0.15, 0.2) is 0 Å². The number of methoxy groups -OCH3 is 1. The van der Waals surface area contributed by atoms with E-state index in [0.29, 0.717) is 19.8 Å². The number of carbonyl (C=O) groups excluding carboxylic acids is 1. The number of nitrogens with zero attached hydrogens (tertiary/aromatic N) is 3. The molecule has 0 bridgehead atoms. The van der Waals surface area contributed by atoms with Gasteiger partial charge in [-0.05, 0) is 13.8 Å². The minimum atomic E-state index is -0.0210. The summed E-state index contributed by atoms with van der Waals surface area (Å²) in [6.07, 6.45) is 1.83. The first-order valence-electron chi connectivity index (χ1n) is 6.59. The Morgan fingerprint density at radius 1 is 1.53 bits per heavy atom. The minimum absolute atomic E-state index is 0.0210. The first kappa shape index (κ1) is 14.0. The van der Waals surface area contributed by atoms with Crippen molar-refractivity contribution < 1.29 is 14.3 Å². The Kier molecular flexibility index (Phi) is 4.55. The van der Waals surface area contributed by atoms with Crippen molar-refractivity contribution in [1.82, 2.24) is 14.5 Å². The van der Waals surface area contributed by atoms with E-state index in [-0.39, 0.29) is 18.6 Å². The Balaban J connectivity index is 2.11. The molecule has 106 valence electrons. The number of imidazole rings is 1. The Bertz CT molecular complexity index is 444. The lowest BCUT2D eigenvalue weighted by atomic mass is 10.2. The van der Waals surface area contributed by atoms with Gasteiger partial charge in [-0.1, -0.05) is 0 Å². The van der Waals surface area contributed by atoms with Crippen molar-refractivity contribution in [2.45, 2.75) is 33.0 Å². The van der Waals surface area contributed by atoms with Gasteiger partial charge in [-0.3, -0.25) is 4.79 Å². The lowest BCUT2D eigenvalue weighted by molar-refractivity contribution is -0.139. The molecule has 2 rings (SSSR count). The van der Waals surface area contributed by atoms with Crippen molar-refractivity contribution >= 4 is 5.91 Å². The average molecular weight is 267 g/mol. The zero-order valence-electron chi connectivity index (χ0n) is 11.8. The molecule has 1 amide bonds. The highest BCUT2D eigenvalue weighted by molar-refractivity contribution is 5.78. The third-order valence-corrected chi connectivity index (χ3v) is 3.42. The van der Waals surface area contributed by atoms with E-state index in [2.05, 4.69) is 9.55 Å². The van der Waals surface area contributed by atoms with Crippen LogP contribution in [-0.4, -0.2) is 47.2 Å². The summed E-state index contributed by atoms with van der Waals surface area (Å²) in [5, 5.41) is 0. The summed E-state index contributed by atoms with van der Waals surface area (Å²) in [6, 6.07) is -0.0210. The topological polar surface area (TPSA) is 56.6 Å². The second-order valence-electron chi connectivity index (χ2n) is 4.59. The summed E-state index contributed by atoms with van der Waals surface area (Å²) in [5.74, 6) is 0.944. The van der Waals surface area contributed by atoms with Gasteiger partial charge in [0.2, 0.25) is 5.91 Å². The van der Waals surface area contributed by atoms with E-state index in [1.54, 1.807) is 7.11 Å². The molecule has 1 aliphatic heterocycles. The van der Waals surface area contributed by atoms with E-state index in [1.807, 2.05) is 24.9 Å². The third kappa shape index (κ3) is 2.79. The number of fused-ring (bicyclic) bond motifs is 1. The summed E-state index contributed by atoms with van der Waals surface area (Å²) in [6.45, 7) is 6.58. The quantitative estimate of drug-likeness (QED) is 0.797. The maximum atomic E-state index is 12.0. The number of carbonyl (C=O) groups is 1. The lowest BCUT2D eigenvalue weighted by Crippen LogP contribution is -2.43. The number of hydrogen-bond donors (Lipinski definition) is 0. The summed E-state index contributed by atoms with van der Waals surface area (Å²) in [5.41, 5.74) is 1.06. The SMILES string of the molecule is CCOCC(=O)N1CCn2c(COC)cnc2[C@H]1C. The van der Waals surface area contributed by atoms with Gasteiger partial charge in [0.05, 0.1) is 24.5 Å². The highest BCUT2D eigenvalue weighted by Gasteiger charge is 2.29.